The Kier molecular flexibility index (Phi) is 6.36. The minimum absolute atomic E-state index is 1.26. The van der Waals surface area contributed by atoms with Gasteiger partial charge >= 0.3 is 0 Å². The topological polar surface area (TPSA) is 0 Å². The van der Waals surface area contributed by atoms with Gasteiger partial charge in [0.1, 0.15) is 0 Å². The normalized spacial score (nSPS) is 11.7. The first-order chi connectivity index (χ1) is 22.0. The van der Waals surface area contributed by atoms with Crippen molar-refractivity contribution >= 4 is 43.1 Å². The van der Waals surface area contributed by atoms with E-state index in [1.54, 1.807) is 0 Å². The predicted molar refractivity (Wildman–Crippen MR) is 196 cm³/mol. The molecule has 0 saturated heterocycles. The molecule has 8 rings (SSSR count). The molecule has 0 radical (unpaired) electrons. The molecule has 0 nitrogen and oxygen atoms in total. The highest BCUT2D eigenvalue weighted by Crippen LogP contribution is 2.48. The summed E-state index contributed by atoms with van der Waals surface area (Å²) in [5.41, 5.74) is 14.8. The van der Waals surface area contributed by atoms with Gasteiger partial charge in [0.2, 0.25) is 0 Å². The van der Waals surface area contributed by atoms with Crippen LogP contribution in [0.4, 0.5) is 0 Å². The van der Waals surface area contributed by atoms with E-state index in [-0.39, 0.29) is 0 Å². The molecule has 0 N–H and O–H groups in total. The van der Waals surface area contributed by atoms with Gasteiger partial charge in [-0.25, -0.2) is 0 Å². The Balaban J connectivity index is 1.49. The van der Waals surface area contributed by atoms with Crippen molar-refractivity contribution in [3.8, 4) is 33.4 Å². The summed E-state index contributed by atoms with van der Waals surface area (Å²) in [6.07, 6.45) is 0. The molecular formula is C45H36. The molecule has 8 aromatic rings. The fourth-order valence-electron chi connectivity index (χ4n) is 7.79. The van der Waals surface area contributed by atoms with E-state index >= 15 is 0 Å². The smallest absolute Gasteiger partial charge is 0.00201 e. The lowest BCUT2D eigenvalue weighted by Crippen LogP contribution is -2.00. The minimum atomic E-state index is 1.26. The van der Waals surface area contributed by atoms with Crippen molar-refractivity contribution in [3.63, 3.8) is 0 Å². The second kappa shape index (κ2) is 10.5. The maximum atomic E-state index is 2.38. The summed E-state index contributed by atoms with van der Waals surface area (Å²) in [5.74, 6) is 0. The lowest BCUT2D eigenvalue weighted by molar-refractivity contribution is 1.18. The van der Waals surface area contributed by atoms with Crippen LogP contribution in [-0.2, 0) is 0 Å². The van der Waals surface area contributed by atoms with E-state index in [0.717, 1.165) is 0 Å². The minimum Gasteiger partial charge on any atom is -0.0616 e. The molecule has 0 spiro atoms. The van der Waals surface area contributed by atoms with Crippen molar-refractivity contribution < 1.29 is 0 Å². The average molecular weight is 577 g/mol. The molecular weight excluding hydrogens is 540 g/mol. The molecule has 8 aromatic carbocycles. The second-order valence-corrected chi connectivity index (χ2v) is 12.6. The van der Waals surface area contributed by atoms with Crippen molar-refractivity contribution in [2.24, 2.45) is 0 Å². The molecule has 0 heteroatoms. The molecule has 0 aliphatic heterocycles. The SMILES string of the molecule is Cc1c(C)c(C)c(-c2ccc(-c3c4ccccc4c(-c4cccc5ccccc45)c4ccccc34)c3ccccc23)c(C)c1C. The van der Waals surface area contributed by atoms with E-state index in [1.807, 2.05) is 0 Å². The monoisotopic (exact) mass is 576 g/mol. The summed E-state index contributed by atoms with van der Waals surface area (Å²) in [6, 6.07) is 47.2. The van der Waals surface area contributed by atoms with Gasteiger partial charge in [-0.15, -0.1) is 0 Å². The van der Waals surface area contributed by atoms with Gasteiger partial charge in [0.05, 0.1) is 0 Å². The molecule has 0 fully saturated rings. The number of fused-ring (bicyclic) bond motifs is 4. The van der Waals surface area contributed by atoms with Crippen LogP contribution in [0.5, 0.6) is 0 Å². The van der Waals surface area contributed by atoms with Crippen molar-refractivity contribution in [2.45, 2.75) is 34.6 Å². The first-order valence-electron chi connectivity index (χ1n) is 16.0. The van der Waals surface area contributed by atoms with E-state index in [1.165, 1.54) is 104 Å². The largest absolute Gasteiger partial charge is 0.0616 e. The zero-order valence-electron chi connectivity index (χ0n) is 26.6. The van der Waals surface area contributed by atoms with Crippen molar-refractivity contribution in [2.75, 3.05) is 0 Å². The summed E-state index contributed by atoms with van der Waals surface area (Å²) in [6.45, 7) is 11.4. The zero-order valence-corrected chi connectivity index (χ0v) is 26.6. The maximum absolute atomic E-state index is 2.38. The fraction of sp³-hybridized carbons (Fsp3) is 0.111. The summed E-state index contributed by atoms with van der Waals surface area (Å²) in [7, 11) is 0. The van der Waals surface area contributed by atoms with Crippen LogP contribution in [0.25, 0.3) is 76.5 Å². The number of rotatable bonds is 3. The van der Waals surface area contributed by atoms with Crippen LogP contribution in [0.2, 0.25) is 0 Å². The van der Waals surface area contributed by atoms with Crippen LogP contribution in [0.1, 0.15) is 27.8 Å². The molecule has 0 aromatic heterocycles. The van der Waals surface area contributed by atoms with Gasteiger partial charge in [-0.05, 0) is 139 Å². The van der Waals surface area contributed by atoms with E-state index < -0.39 is 0 Å². The third kappa shape index (κ3) is 4.06. The molecule has 0 saturated carbocycles. The van der Waals surface area contributed by atoms with E-state index in [2.05, 4.69) is 162 Å². The van der Waals surface area contributed by atoms with E-state index in [9.17, 15) is 0 Å². The van der Waals surface area contributed by atoms with Crippen LogP contribution in [0.3, 0.4) is 0 Å². The molecule has 0 atom stereocenters. The third-order valence-corrected chi connectivity index (χ3v) is 10.5. The Morgan fingerprint density at radius 1 is 0.244 bits per heavy atom. The van der Waals surface area contributed by atoms with Crippen molar-refractivity contribution in [1.82, 2.24) is 0 Å². The summed E-state index contributed by atoms with van der Waals surface area (Å²) in [5, 5.41) is 10.3. The molecule has 0 heterocycles. The summed E-state index contributed by atoms with van der Waals surface area (Å²) >= 11 is 0. The van der Waals surface area contributed by atoms with Gasteiger partial charge in [0.15, 0.2) is 0 Å². The Morgan fingerprint density at radius 3 is 1.07 bits per heavy atom. The quantitative estimate of drug-likeness (QED) is 0.184. The van der Waals surface area contributed by atoms with Gasteiger partial charge < -0.3 is 0 Å². The molecule has 0 aliphatic carbocycles. The molecule has 0 amide bonds. The molecule has 0 bridgehead atoms. The molecule has 45 heavy (non-hydrogen) atoms. The summed E-state index contributed by atoms with van der Waals surface area (Å²) in [4.78, 5) is 0. The Labute approximate surface area is 265 Å². The zero-order chi connectivity index (χ0) is 30.8. The van der Waals surface area contributed by atoms with Gasteiger partial charge in [-0.1, -0.05) is 127 Å². The number of hydrogen-bond donors (Lipinski definition) is 0. The average Bonchev–Trinajstić information content (AvgIpc) is 3.09. The van der Waals surface area contributed by atoms with Crippen LogP contribution >= 0.6 is 0 Å². The maximum Gasteiger partial charge on any atom is -0.00201 e. The lowest BCUT2D eigenvalue weighted by atomic mass is 9.81. The Morgan fingerprint density at radius 2 is 0.578 bits per heavy atom. The van der Waals surface area contributed by atoms with Gasteiger partial charge in [-0.2, -0.15) is 0 Å². The van der Waals surface area contributed by atoms with Gasteiger partial charge in [0.25, 0.3) is 0 Å². The number of hydrogen-bond acceptors (Lipinski definition) is 0. The molecule has 0 aliphatic rings. The third-order valence-electron chi connectivity index (χ3n) is 10.5. The first-order valence-corrected chi connectivity index (χ1v) is 16.0. The Hall–Kier alpha value is -5.20. The molecule has 0 unspecified atom stereocenters. The molecule has 216 valence electrons. The predicted octanol–water partition coefficient (Wildman–Crippen LogP) is 12.8. The fourth-order valence-corrected chi connectivity index (χ4v) is 7.79. The highest BCUT2D eigenvalue weighted by atomic mass is 14.2. The van der Waals surface area contributed by atoms with Crippen molar-refractivity contribution in [3.05, 3.63) is 155 Å². The van der Waals surface area contributed by atoms with Crippen LogP contribution in [0, 0.1) is 34.6 Å². The number of benzene rings is 8. The highest BCUT2D eigenvalue weighted by molar-refractivity contribution is 6.25. The second-order valence-electron chi connectivity index (χ2n) is 12.6. The van der Waals surface area contributed by atoms with Crippen LogP contribution < -0.4 is 0 Å². The highest BCUT2D eigenvalue weighted by Gasteiger charge is 2.21. The lowest BCUT2D eigenvalue weighted by Gasteiger charge is -2.22. The Bertz CT molecular complexity index is 2380. The van der Waals surface area contributed by atoms with Crippen molar-refractivity contribution in [1.29, 1.82) is 0 Å². The standard InChI is InChI=1S/C45H36/c1-27-28(2)30(4)43(31(5)29(27)3)41-25-26-42(35-19-9-8-18-34(35)41)45-39-22-12-10-20-37(39)44(38-21-11-13-23-40(38)45)36-24-14-16-32-15-6-7-17-33(32)36/h6-26H,1-5H3. The van der Waals surface area contributed by atoms with Gasteiger partial charge in [0, 0.05) is 0 Å². The first kappa shape index (κ1) is 27.4. The summed E-state index contributed by atoms with van der Waals surface area (Å²) < 4.78 is 0. The van der Waals surface area contributed by atoms with E-state index in [4.69, 9.17) is 0 Å². The van der Waals surface area contributed by atoms with E-state index in [0.29, 0.717) is 0 Å². The van der Waals surface area contributed by atoms with Crippen LogP contribution in [-0.4, -0.2) is 0 Å². The van der Waals surface area contributed by atoms with Crippen LogP contribution in [0.15, 0.2) is 127 Å². The van der Waals surface area contributed by atoms with Gasteiger partial charge in [-0.3, -0.25) is 0 Å².